The van der Waals surface area contributed by atoms with Gasteiger partial charge < -0.3 is 24.9 Å². The Morgan fingerprint density at radius 3 is 1.10 bits per heavy atom. The Morgan fingerprint density at radius 2 is 1.10 bits per heavy atom. The number of carboxylic acid groups (broad SMARTS) is 3. The number of rotatable bonds is 0. The first-order chi connectivity index (χ1) is 3.46. The Bertz CT molecular complexity index is 74.9. The van der Waals surface area contributed by atoms with Crippen LogP contribution in [0.5, 0.6) is 0 Å². The maximum atomic E-state index is 8.89. The van der Waals surface area contributed by atoms with Gasteiger partial charge in [0, 0.05) is 5.97 Å². The van der Waals surface area contributed by atoms with Gasteiger partial charge in [-0.1, -0.05) is 0 Å². The van der Waals surface area contributed by atoms with E-state index in [4.69, 9.17) is 24.9 Å². The molecule has 7 heteroatoms. The summed E-state index contributed by atoms with van der Waals surface area (Å²) < 4.78 is 0. The predicted octanol–water partition coefficient (Wildman–Crippen LogP) is -7.07. The topological polar surface area (TPSA) is 103 Å². The summed E-state index contributed by atoms with van der Waals surface area (Å²) in [6.45, 7) is 0.972. The fourth-order valence-corrected chi connectivity index (χ4v) is 0. The van der Waals surface area contributed by atoms with Crippen molar-refractivity contribution in [3.8, 4) is 0 Å². The molecule has 0 aromatic carbocycles. The van der Waals surface area contributed by atoms with Crippen LogP contribution in [0.25, 0.3) is 0 Å². The summed E-state index contributed by atoms with van der Waals surface area (Å²) in [7, 11) is 0. The number of carboxylic acids is 1. The van der Waals surface area contributed by atoms with E-state index in [1.165, 1.54) is 0 Å². The van der Waals surface area contributed by atoms with Gasteiger partial charge >= 0.3 is 74.4 Å². The fraction of sp³-hybridized carbons (Fsp3) is 0.333. The van der Waals surface area contributed by atoms with Crippen LogP contribution in [0.1, 0.15) is 6.92 Å². The molecule has 0 fully saturated rings. The molecule has 10 heavy (non-hydrogen) atoms. The van der Waals surface area contributed by atoms with Gasteiger partial charge in [0.25, 0.3) is 0 Å². The van der Waals surface area contributed by atoms with E-state index in [1.807, 2.05) is 0 Å². The number of aliphatic carboxylic acids is 1. The third-order valence-electron chi connectivity index (χ3n) is 0. The average molecular weight is 182 g/mol. The van der Waals surface area contributed by atoms with E-state index >= 15 is 0 Å². The zero-order valence-electron chi connectivity index (χ0n) is 5.75. The SMILES string of the molecule is CC(=O)[O-].O=C([O-])[O-].[K+].[Mg+2]. The molecule has 0 bridgehead atoms. The van der Waals surface area contributed by atoms with Crippen LogP contribution in [0.15, 0.2) is 0 Å². The van der Waals surface area contributed by atoms with Crippen LogP contribution in [0.3, 0.4) is 0 Å². The van der Waals surface area contributed by atoms with E-state index in [-0.39, 0.29) is 74.4 Å². The quantitative estimate of drug-likeness (QED) is 0.346. The molecule has 0 aliphatic heterocycles. The molecule has 0 rings (SSSR count). The van der Waals surface area contributed by atoms with Crippen LogP contribution >= 0.6 is 0 Å². The van der Waals surface area contributed by atoms with Crippen LogP contribution in [0.2, 0.25) is 0 Å². The Labute approximate surface area is 116 Å². The molecule has 0 spiro atoms. The average Bonchev–Trinajstić information content (AvgIpc) is 1.25. The minimum absolute atomic E-state index is 0. The molecule has 0 saturated heterocycles. The van der Waals surface area contributed by atoms with Crippen molar-refractivity contribution in [3.63, 3.8) is 0 Å². The Hall–Kier alpha value is 1.14. The minimum atomic E-state index is -2.33. The van der Waals surface area contributed by atoms with Crippen molar-refractivity contribution in [2.24, 2.45) is 0 Å². The molecule has 0 aliphatic rings. The standard InChI is InChI=1S/C2H4O2.CH2O3.K.Mg/c1-2(3)4;2-1(3)4;;/h1H3,(H,3,4);(H2,2,3,4);;/q;;+1;+2/p-3. The van der Waals surface area contributed by atoms with Crippen LogP contribution in [0, 0.1) is 0 Å². The second-order valence-corrected chi connectivity index (χ2v) is 0.742. The smallest absolute Gasteiger partial charge is 0.652 e. The van der Waals surface area contributed by atoms with Gasteiger partial charge in [-0.2, -0.15) is 0 Å². The molecule has 0 amide bonds. The Kier molecular flexibility index (Phi) is 37.3. The van der Waals surface area contributed by atoms with Crippen LogP contribution in [0.4, 0.5) is 4.79 Å². The molecule has 0 aromatic rings. The monoisotopic (exact) mass is 182 g/mol. The van der Waals surface area contributed by atoms with Gasteiger partial charge in [-0.25, -0.2) is 0 Å². The zero-order chi connectivity index (χ0) is 7.15. The van der Waals surface area contributed by atoms with Gasteiger partial charge in [0.1, 0.15) is 0 Å². The molecule has 0 aromatic heterocycles. The molecule has 0 radical (unpaired) electrons. The van der Waals surface area contributed by atoms with E-state index in [9.17, 15) is 0 Å². The van der Waals surface area contributed by atoms with Crippen molar-refractivity contribution >= 4 is 35.2 Å². The Balaban J connectivity index is -0.0000000300. The summed E-state index contributed by atoms with van der Waals surface area (Å²) in [6, 6.07) is 0. The molecule has 0 N–H and O–H groups in total. The van der Waals surface area contributed by atoms with Gasteiger partial charge in [-0.15, -0.1) is 0 Å². The number of hydrogen-bond acceptors (Lipinski definition) is 5. The van der Waals surface area contributed by atoms with Crippen LogP contribution in [-0.2, 0) is 4.79 Å². The molecular formula is C3H3KMgO5. The second-order valence-electron chi connectivity index (χ2n) is 0.742. The van der Waals surface area contributed by atoms with Gasteiger partial charge in [-0.05, 0) is 13.1 Å². The normalized spacial score (nSPS) is 4.90. The summed E-state index contributed by atoms with van der Waals surface area (Å²) in [5.41, 5.74) is 0. The van der Waals surface area contributed by atoms with Gasteiger partial charge in [0.2, 0.25) is 0 Å². The number of carbonyl (C=O) groups is 2. The first kappa shape index (κ1) is 22.5. The Morgan fingerprint density at radius 1 is 1.10 bits per heavy atom. The van der Waals surface area contributed by atoms with Gasteiger partial charge in [0.05, 0.1) is 0 Å². The second kappa shape index (κ2) is 16.6. The molecular weight excluding hydrogens is 179 g/mol. The van der Waals surface area contributed by atoms with Crippen molar-refractivity contribution in [1.29, 1.82) is 0 Å². The van der Waals surface area contributed by atoms with Crippen molar-refractivity contribution < 1.29 is 76.3 Å². The summed E-state index contributed by atoms with van der Waals surface area (Å²) in [5.74, 6) is -1.08. The van der Waals surface area contributed by atoms with Crippen LogP contribution < -0.4 is 66.7 Å². The predicted molar refractivity (Wildman–Crippen MR) is 21.8 cm³/mol. The maximum absolute atomic E-state index is 8.89. The summed E-state index contributed by atoms with van der Waals surface area (Å²) >= 11 is 0. The van der Waals surface area contributed by atoms with Crippen molar-refractivity contribution in [1.82, 2.24) is 0 Å². The van der Waals surface area contributed by atoms with E-state index in [1.54, 1.807) is 0 Å². The molecule has 0 unspecified atom stereocenters. The first-order valence-corrected chi connectivity index (χ1v) is 1.52. The minimum Gasteiger partial charge on any atom is -0.652 e. The van der Waals surface area contributed by atoms with E-state index in [0.29, 0.717) is 0 Å². The molecule has 5 nitrogen and oxygen atoms in total. The fourth-order valence-electron chi connectivity index (χ4n) is 0. The first-order valence-electron chi connectivity index (χ1n) is 1.52. The molecule has 0 heterocycles. The van der Waals surface area contributed by atoms with Crippen molar-refractivity contribution in [2.45, 2.75) is 6.92 Å². The largest absolute Gasteiger partial charge is 2.00 e. The summed E-state index contributed by atoms with van der Waals surface area (Å²) in [4.78, 5) is 17.2. The van der Waals surface area contributed by atoms with E-state index in [2.05, 4.69) is 0 Å². The number of carbonyl (C=O) groups excluding carboxylic acids is 2. The third kappa shape index (κ3) is 464. The molecule has 0 saturated carbocycles. The van der Waals surface area contributed by atoms with Gasteiger partial charge in [0.15, 0.2) is 0 Å². The zero-order valence-corrected chi connectivity index (χ0v) is 10.3. The number of hydrogen-bond donors (Lipinski definition) is 0. The molecule has 48 valence electrons. The van der Waals surface area contributed by atoms with Crippen LogP contribution in [-0.4, -0.2) is 35.2 Å². The molecule has 0 aliphatic carbocycles. The third-order valence-corrected chi connectivity index (χ3v) is 0. The van der Waals surface area contributed by atoms with Crippen molar-refractivity contribution in [2.75, 3.05) is 0 Å². The van der Waals surface area contributed by atoms with E-state index in [0.717, 1.165) is 6.92 Å². The maximum Gasteiger partial charge on any atom is 2.00 e. The summed E-state index contributed by atoms with van der Waals surface area (Å²) in [6.07, 6.45) is -2.33. The van der Waals surface area contributed by atoms with E-state index < -0.39 is 12.1 Å². The van der Waals surface area contributed by atoms with Crippen molar-refractivity contribution in [3.05, 3.63) is 0 Å². The molecule has 0 atom stereocenters. The summed E-state index contributed by atoms with van der Waals surface area (Å²) in [5, 5.41) is 25.6. The van der Waals surface area contributed by atoms with Gasteiger partial charge in [-0.3, -0.25) is 0 Å².